The Morgan fingerprint density at radius 3 is 2.36 bits per heavy atom. The number of nitrogens with one attached hydrogen (secondary N) is 2. The van der Waals surface area contributed by atoms with E-state index >= 15 is 0 Å². The number of guanidine groups is 1. The fraction of sp³-hybridized carbons (Fsp3) is 0.571. The molecule has 2 amide bonds. The van der Waals surface area contributed by atoms with Crippen LogP contribution in [0.4, 0.5) is 0 Å². The number of carbonyl (C=O) groups is 2. The molecule has 0 aliphatic carbocycles. The maximum absolute atomic E-state index is 12.3. The van der Waals surface area contributed by atoms with Gasteiger partial charge < -0.3 is 15.4 Å². The third-order valence-electron chi connectivity index (χ3n) is 4.49. The maximum Gasteiger partial charge on any atom is 0.261 e. The quantitative estimate of drug-likeness (QED) is 0.249. The molecule has 1 aromatic rings. The van der Waals surface area contributed by atoms with E-state index in [0.29, 0.717) is 17.7 Å². The minimum absolute atomic E-state index is 0.185. The van der Waals surface area contributed by atoms with Gasteiger partial charge in [-0.15, -0.1) is 0 Å². The van der Waals surface area contributed by atoms with E-state index in [1.807, 2.05) is 13.8 Å². The van der Waals surface area contributed by atoms with Gasteiger partial charge in [-0.3, -0.25) is 19.5 Å². The molecule has 0 fully saturated rings. The van der Waals surface area contributed by atoms with Crippen LogP contribution in [0.1, 0.15) is 60.2 Å². The van der Waals surface area contributed by atoms with Crippen molar-refractivity contribution in [3.63, 3.8) is 0 Å². The number of nitrogens with zero attached hydrogens (tertiary/aromatic N) is 2. The summed E-state index contributed by atoms with van der Waals surface area (Å²) in [6.45, 7) is 8.33. The van der Waals surface area contributed by atoms with Crippen LogP contribution in [-0.4, -0.2) is 62.1 Å². The summed E-state index contributed by atoms with van der Waals surface area (Å²) in [5, 5.41) is 6.54. The second-order valence-electron chi connectivity index (χ2n) is 6.61. The van der Waals surface area contributed by atoms with Crippen molar-refractivity contribution >= 4 is 17.8 Å². The highest BCUT2D eigenvalue weighted by atomic mass is 16.5. The van der Waals surface area contributed by atoms with Gasteiger partial charge in [-0.25, -0.2) is 0 Å². The monoisotopic (exact) mass is 388 g/mol. The maximum atomic E-state index is 12.3. The van der Waals surface area contributed by atoms with Crippen molar-refractivity contribution in [2.75, 3.05) is 39.4 Å². The zero-order chi connectivity index (χ0) is 20.2. The molecule has 0 saturated carbocycles. The Labute approximate surface area is 167 Å². The molecule has 0 saturated heterocycles. The van der Waals surface area contributed by atoms with Crippen molar-refractivity contribution in [3.05, 3.63) is 35.4 Å². The summed E-state index contributed by atoms with van der Waals surface area (Å²) in [4.78, 5) is 30.6. The predicted molar refractivity (Wildman–Crippen MR) is 111 cm³/mol. The van der Waals surface area contributed by atoms with Gasteiger partial charge in [0.1, 0.15) is 0 Å². The number of aliphatic imine (C=N–C) groups is 1. The van der Waals surface area contributed by atoms with Gasteiger partial charge in [0.2, 0.25) is 0 Å². The van der Waals surface area contributed by atoms with E-state index in [1.54, 1.807) is 24.3 Å². The molecule has 1 aromatic carbocycles. The first-order valence-corrected chi connectivity index (χ1v) is 10.2. The second-order valence-corrected chi connectivity index (χ2v) is 6.61. The molecule has 2 N–H and O–H groups in total. The summed E-state index contributed by atoms with van der Waals surface area (Å²) in [5.41, 5.74) is 1.02. The van der Waals surface area contributed by atoms with Crippen LogP contribution in [0.5, 0.6) is 0 Å². The third kappa shape index (κ3) is 6.34. The molecule has 1 heterocycles. The molecule has 1 aliphatic rings. The zero-order valence-electron chi connectivity index (χ0n) is 17.0. The minimum atomic E-state index is -0.185. The number of ether oxygens (including phenoxy) is 1. The summed E-state index contributed by atoms with van der Waals surface area (Å²) < 4.78 is 5.33. The lowest BCUT2D eigenvalue weighted by Crippen LogP contribution is -2.38. The Bertz CT molecular complexity index is 640. The molecule has 0 spiro atoms. The molecule has 0 aromatic heterocycles. The van der Waals surface area contributed by atoms with Gasteiger partial charge in [0.25, 0.3) is 11.8 Å². The van der Waals surface area contributed by atoms with Crippen molar-refractivity contribution in [3.8, 4) is 0 Å². The van der Waals surface area contributed by atoms with E-state index in [-0.39, 0.29) is 11.8 Å². The highest BCUT2D eigenvalue weighted by Crippen LogP contribution is 2.22. The molecule has 0 bridgehead atoms. The average molecular weight is 389 g/mol. The lowest BCUT2D eigenvalue weighted by Gasteiger charge is -2.14. The van der Waals surface area contributed by atoms with Crippen molar-refractivity contribution in [1.82, 2.24) is 15.5 Å². The normalized spacial score (nSPS) is 13.8. The molecular formula is C21H32N4O3. The number of fused-ring (bicyclic) bond motifs is 1. The van der Waals surface area contributed by atoms with Gasteiger partial charge in [0.05, 0.1) is 11.1 Å². The van der Waals surface area contributed by atoms with Crippen LogP contribution in [0.25, 0.3) is 0 Å². The average Bonchev–Trinajstić information content (AvgIpc) is 2.95. The van der Waals surface area contributed by atoms with Crippen LogP contribution in [0.3, 0.4) is 0 Å². The summed E-state index contributed by atoms with van der Waals surface area (Å²) in [6, 6.07) is 7.00. The molecule has 7 nitrogen and oxygen atoms in total. The Morgan fingerprint density at radius 1 is 1.00 bits per heavy atom. The van der Waals surface area contributed by atoms with Crippen LogP contribution < -0.4 is 10.6 Å². The first-order chi connectivity index (χ1) is 13.7. The molecular weight excluding hydrogens is 356 g/mol. The molecule has 28 heavy (non-hydrogen) atoms. The van der Waals surface area contributed by atoms with Gasteiger partial charge in [-0.05, 0) is 51.7 Å². The van der Waals surface area contributed by atoms with Crippen LogP contribution in [-0.2, 0) is 4.74 Å². The van der Waals surface area contributed by atoms with E-state index in [0.717, 1.165) is 64.5 Å². The molecule has 7 heteroatoms. The van der Waals surface area contributed by atoms with Gasteiger partial charge >= 0.3 is 0 Å². The topological polar surface area (TPSA) is 83.0 Å². The standard InChI is InChI=1S/C21H32N4O3/c1-3-22-21(24-14-8-10-16-28-4-2)23-13-7-9-15-25-19(26)17-11-5-6-12-18(17)20(25)27/h5-6,11-12H,3-4,7-10,13-16H2,1-2H3,(H2,22,23,24). The molecule has 1 aliphatic heterocycles. The van der Waals surface area contributed by atoms with Crippen LogP contribution >= 0.6 is 0 Å². The predicted octanol–water partition coefficient (Wildman–Crippen LogP) is 2.43. The summed E-state index contributed by atoms with van der Waals surface area (Å²) >= 11 is 0. The Balaban J connectivity index is 1.67. The molecule has 0 radical (unpaired) electrons. The van der Waals surface area contributed by atoms with Gasteiger partial charge in [0, 0.05) is 39.4 Å². The SMILES string of the molecule is CCNC(=NCCCCOCC)NCCCCN1C(=O)c2ccccc2C1=O. The highest BCUT2D eigenvalue weighted by Gasteiger charge is 2.34. The van der Waals surface area contributed by atoms with Crippen molar-refractivity contribution < 1.29 is 14.3 Å². The Hall–Kier alpha value is -2.41. The number of amides is 2. The molecule has 0 atom stereocenters. The zero-order valence-corrected chi connectivity index (χ0v) is 17.0. The molecule has 0 unspecified atom stereocenters. The smallest absolute Gasteiger partial charge is 0.261 e. The Kier molecular flexibility index (Phi) is 9.48. The summed E-state index contributed by atoms with van der Waals surface area (Å²) in [7, 11) is 0. The fourth-order valence-electron chi connectivity index (χ4n) is 3.04. The largest absolute Gasteiger partial charge is 0.382 e. The van der Waals surface area contributed by atoms with E-state index in [2.05, 4.69) is 15.6 Å². The highest BCUT2D eigenvalue weighted by molar-refractivity contribution is 6.21. The first-order valence-electron chi connectivity index (χ1n) is 10.2. The van der Waals surface area contributed by atoms with Crippen LogP contribution in [0, 0.1) is 0 Å². The van der Waals surface area contributed by atoms with Crippen molar-refractivity contribution in [2.45, 2.75) is 39.5 Å². The van der Waals surface area contributed by atoms with Gasteiger partial charge in [-0.2, -0.15) is 0 Å². The summed E-state index contributed by atoms with van der Waals surface area (Å²) in [6.07, 6.45) is 3.61. The van der Waals surface area contributed by atoms with E-state index in [1.165, 1.54) is 4.90 Å². The Morgan fingerprint density at radius 2 is 1.71 bits per heavy atom. The number of unbranched alkanes of at least 4 members (excludes halogenated alkanes) is 2. The van der Waals surface area contributed by atoms with Gasteiger partial charge in [-0.1, -0.05) is 12.1 Å². The number of carbonyl (C=O) groups excluding carboxylic acids is 2. The second kappa shape index (κ2) is 12.1. The van der Waals surface area contributed by atoms with Crippen LogP contribution in [0.2, 0.25) is 0 Å². The van der Waals surface area contributed by atoms with Crippen LogP contribution in [0.15, 0.2) is 29.3 Å². The number of hydrogen-bond donors (Lipinski definition) is 2. The number of rotatable bonds is 12. The summed E-state index contributed by atoms with van der Waals surface area (Å²) in [5.74, 6) is 0.436. The lowest BCUT2D eigenvalue weighted by atomic mass is 10.1. The van der Waals surface area contributed by atoms with Crippen molar-refractivity contribution in [1.29, 1.82) is 0 Å². The molecule has 154 valence electrons. The first kappa shape index (κ1) is 21.9. The fourth-order valence-corrected chi connectivity index (χ4v) is 3.04. The van der Waals surface area contributed by atoms with E-state index in [9.17, 15) is 9.59 Å². The number of imide groups is 1. The minimum Gasteiger partial charge on any atom is -0.382 e. The van der Waals surface area contributed by atoms with Gasteiger partial charge in [0.15, 0.2) is 5.96 Å². The molecule has 2 rings (SSSR count). The third-order valence-corrected chi connectivity index (χ3v) is 4.49. The number of benzene rings is 1. The van der Waals surface area contributed by atoms with Crippen molar-refractivity contribution in [2.24, 2.45) is 4.99 Å². The van der Waals surface area contributed by atoms with E-state index in [4.69, 9.17) is 4.74 Å². The number of hydrogen-bond acceptors (Lipinski definition) is 4. The van der Waals surface area contributed by atoms with E-state index < -0.39 is 0 Å². The lowest BCUT2D eigenvalue weighted by molar-refractivity contribution is 0.0652.